The Bertz CT molecular complexity index is 462. The number of carbonyl (C=O) groups is 2. The molecule has 0 atom stereocenters. The van der Waals surface area contributed by atoms with Gasteiger partial charge >= 0.3 is 6.03 Å². The number of ether oxygens (including phenoxy) is 1. The number of nitrogens with zero attached hydrogens (tertiary/aromatic N) is 1. The first-order chi connectivity index (χ1) is 10.1. The van der Waals surface area contributed by atoms with Gasteiger partial charge in [0.1, 0.15) is 5.75 Å². The third-order valence-corrected chi connectivity index (χ3v) is 3.79. The SMILES string of the molecule is CCCCCN(SC(=O)c1ccc(OCC)cc1)C(N)=O. The van der Waals surface area contributed by atoms with Crippen LogP contribution in [0.3, 0.4) is 0 Å². The third-order valence-electron chi connectivity index (χ3n) is 2.80. The first-order valence-corrected chi connectivity index (χ1v) is 7.88. The van der Waals surface area contributed by atoms with Crippen LogP contribution in [0.4, 0.5) is 4.79 Å². The molecule has 0 fully saturated rings. The van der Waals surface area contributed by atoms with Gasteiger partial charge in [0.15, 0.2) is 0 Å². The molecule has 0 unspecified atom stereocenters. The summed E-state index contributed by atoms with van der Waals surface area (Å²) in [7, 11) is 0. The number of primary amides is 1. The molecule has 0 saturated carbocycles. The van der Waals surface area contributed by atoms with Crippen LogP contribution >= 0.6 is 11.9 Å². The number of benzene rings is 1. The van der Waals surface area contributed by atoms with Crippen molar-refractivity contribution in [1.82, 2.24) is 4.31 Å². The van der Waals surface area contributed by atoms with Gasteiger partial charge in [-0.3, -0.25) is 9.10 Å². The fraction of sp³-hybridized carbons (Fsp3) is 0.467. The van der Waals surface area contributed by atoms with E-state index in [9.17, 15) is 9.59 Å². The van der Waals surface area contributed by atoms with E-state index in [0.29, 0.717) is 24.5 Å². The Morgan fingerprint density at radius 1 is 1.19 bits per heavy atom. The van der Waals surface area contributed by atoms with E-state index in [1.165, 1.54) is 4.31 Å². The number of nitrogens with two attached hydrogens (primary N) is 1. The molecule has 1 aromatic carbocycles. The second kappa shape index (κ2) is 9.28. The minimum Gasteiger partial charge on any atom is -0.494 e. The number of hydrogen-bond acceptors (Lipinski definition) is 4. The number of hydrogen-bond donors (Lipinski definition) is 1. The van der Waals surface area contributed by atoms with Gasteiger partial charge in [-0.1, -0.05) is 19.8 Å². The predicted octanol–water partition coefficient (Wildman–Crippen LogP) is 3.44. The molecule has 116 valence electrons. The number of amides is 2. The highest BCUT2D eigenvalue weighted by Crippen LogP contribution is 2.20. The number of urea groups is 1. The van der Waals surface area contributed by atoms with Crippen LogP contribution in [0.15, 0.2) is 24.3 Å². The maximum atomic E-state index is 12.1. The molecule has 2 N–H and O–H groups in total. The van der Waals surface area contributed by atoms with Crippen molar-refractivity contribution in [3.8, 4) is 5.75 Å². The van der Waals surface area contributed by atoms with Gasteiger partial charge in [0, 0.05) is 24.1 Å². The fourth-order valence-corrected chi connectivity index (χ4v) is 2.46. The van der Waals surface area contributed by atoms with Crippen molar-refractivity contribution in [3.63, 3.8) is 0 Å². The normalized spacial score (nSPS) is 10.2. The van der Waals surface area contributed by atoms with Gasteiger partial charge in [0.25, 0.3) is 0 Å². The van der Waals surface area contributed by atoms with Crippen LogP contribution in [0.2, 0.25) is 0 Å². The highest BCUT2D eigenvalue weighted by Gasteiger charge is 2.17. The molecule has 5 nitrogen and oxygen atoms in total. The third kappa shape index (κ3) is 6.08. The monoisotopic (exact) mass is 310 g/mol. The Kier molecular flexibility index (Phi) is 7.68. The lowest BCUT2D eigenvalue weighted by Crippen LogP contribution is -2.32. The molecule has 1 aromatic rings. The van der Waals surface area contributed by atoms with Crippen molar-refractivity contribution in [2.45, 2.75) is 33.1 Å². The van der Waals surface area contributed by atoms with E-state index >= 15 is 0 Å². The summed E-state index contributed by atoms with van der Waals surface area (Å²) in [6, 6.07) is 6.26. The highest BCUT2D eigenvalue weighted by molar-refractivity contribution is 8.12. The number of rotatable bonds is 7. The van der Waals surface area contributed by atoms with Gasteiger partial charge in [0.05, 0.1) is 6.61 Å². The lowest BCUT2D eigenvalue weighted by Gasteiger charge is -2.17. The van der Waals surface area contributed by atoms with Gasteiger partial charge in [-0.25, -0.2) is 4.79 Å². The number of unbranched alkanes of at least 4 members (excludes halogenated alkanes) is 2. The van der Waals surface area contributed by atoms with E-state index in [1.54, 1.807) is 24.3 Å². The lowest BCUT2D eigenvalue weighted by atomic mass is 10.2. The summed E-state index contributed by atoms with van der Waals surface area (Å²) >= 11 is 0.855. The Morgan fingerprint density at radius 2 is 1.86 bits per heavy atom. The molecule has 21 heavy (non-hydrogen) atoms. The van der Waals surface area contributed by atoms with E-state index < -0.39 is 6.03 Å². The molecule has 0 bridgehead atoms. The Morgan fingerprint density at radius 3 is 2.38 bits per heavy atom. The Hall–Kier alpha value is -1.69. The molecule has 0 aliphatic carbocycles. The zero-order valence-electron chi connectivity index (χ0n) is 12.5. The van der Waals surface area contributed by atoms with Crippen LogP contribution in [0.1, 0.15) is 43.5 Å². The second-order valence-electron chi connectivity index (χ2n) is 4.48. The standard InChI is InChI=1S/C15H22N2O3S/c1-3-5-6-11-17(15(16)19)21-14(18)12-7-9-13(10-8-12)20-4-2/h7-10H,3-6,11H2,1-2H3,(H2,16,19). The van der Waals surface area contributed by atoms with Crippen LogP contribution in [-0.4, -0.2) is 28.6 Å². The molecule has 0 saturated heterocycles. The Labute approximate surface area is 130 Å². The minimum absolute atomic E-state index is 0.201. The van der Waals surface area contributed by atoms with E-state index in [2.05, 4.69) is 6.92 Å². The molecule has 0 radical (unpaired) electrons. The van der Waals surface area contributed by atoms with Gasteiger partial charge in [-0.2, -0.15) is 0 Å². The minimum atomic E-state index is -0.588. The summed E-state index contributed by atoms with van der Waals surface area (Å²) < 4.78 is 6.64. The largest absolute Gasteiger partial charge is 0.494 e. The van der Waals surface area contributed by atoms with E-state index in [-0.39, 0.29) is 5.12 Å². The maximum absolute atomic E-state index is 12.1. The predicted molar refractivity (Wildman–Crippen MR) is 85.3 cm³/mol. The smallest absolute Gasteiger partial charge is 0.325 e. The zero-order valence-corrected chi connectivity index (χ0v) is 13.3. The highest BCUT2D eigenvalue weighted by atomic mass is 32.2. The molecule has 1 rings (SSSR count). The summed E-state index contributed by atoms with van der Waals surface area (Å²) in [4.78, 5) is 23.5. The first-order valence-electron chi connectivity index (χ1n) is 7.10. The summed E-state index contributed by atoms with van der Waals surface area (Å²) in [5.74, 6) is 0.716. The average molecular weight is 310 g/mol. The molecule has 0 aliphatic heterocycles. The molecule has 0 aromatic heterocycles. The summed E-state index contributed by atoms with van der Waals surface area (Å²) in [6.07, 6.45) is 2.88. The van der Waals surface area contributed by atoms with Crippen molar-refractivity contribution >= 4 is 23.1 Å². The van der Waals surface area contributed by atoms with Gasteiger partial charge in [-0.15, -0.1) is 0 Å². The maximum Gasteiger partial charge on any atom is 0.325 e. The van der Waals surface area contributed by atoms with Crippen LogP contribution in [0.5, 0.6) is 5.75 Å². The Balaban J connectivity index is 2.61. The van der Waals surface area contributed by atoms with Crippen molar-refractivity contribution < 1.29 is 14.3 Å². The van der Waals surface area contributed by atoms with Crippen molar-refractivity contribution in [2.75, 3.05) is 13.2 Å². The van der Waals surface area contributed by atoms with Crippen molar-refractivity contribution in [1.29, 1.82) is 0 Å². The molecule has 0 aliphatic rings. The molecule has 2 amide bonds. The number of carbonyl (C=O) groups excluding carboxylic acids is 2. The van der Waals surface area contributed by atoms with E-state index in [4.69, 9.17) is 10.5 Å². The molecular formula is C15H22N2O3S. The van der Waals surface area contributed by atoms with Crippen LogP contribution < -0.4 is 10.5 Å². The molecular weight excluding hydrogens is 288 g/mol. The van der Waals surface area contributed by atoms with Gasteiger partial charge < -0.3 is 10.5 Å². The van der Waals surface area contributed by atoms with Crippen molar-refractivity contribution in [2.24, 2.45) is 5.73 Å². The molecule has 0 spiro atoms. The van der Waals surface area contributed by atoms with Crippen LogP contribution in [0, 0.1) is 0 Å². The second-order valence-corrected chi connectivity index (χ2v) is 5.48. The van der Waals surface area contributed by atoms with E-state index in [0.717, 1.165) is 31.2 Å². The lowest BCUT2D eigenvalue weighted by molar-refractivity contribution is 0.108. The molecule has 0 heterocycles. The van der Waals surface area contributed by atoms with Gasteiger partial charge in [-0.05, 0) is 37.6 Å². The average Bonchev–Trinajstić information content (AvgIpc) is 2.47. The first kappa shape index (κ1) is 17.4. The van der Waals surface area contributed by atoms with Crippen molar-refractivity contribution in [3.05, 3.63) is 29.8 Å². The zero-order chi connectivity index (χ0) is 15.7. The summed E-state index contributed by atoms with van der Waals surface area (Å²) in [6.45, 7) is 5.04. The summed E-state index contributed by atoms with van der Waals surface area (Å²) in [5.41, 5.74) is 5.82. The van der Waals surface area contributed by atoms with Gasteiger partial charge in [0.2, 0.25) is 5.12 Å². The van der Waals surface area contributed by atoms with Crippen LogP contribution in [0.25, 0.3) is 0 Å². The molecule has 6 heteroatoms. The summed E-state index contributed by atoms with van der Waals surface area (Å²) in [5, 5.41) is -0.201. The quantitative estimate of drug-likeness (QED) is 0.618. The topological polar surface area (TPSA) is 72.6 Å². The fourth-order valence-electron chi connectivity index (χ4n) is 1.71. The van der Waals surface area contributed by atoms with Crippen LogP contribution in [-0.2, 0) is 0 Å². The van der Waals surface area contributed by atoms with E-state index in [1.807, 2.05) is 6.92 Å².